The van der Waals surface area contributed by atoms with Gasteiger partial charge in [0, 0.05) is 12.0 Å². The molecule has 0 fully saturated rings. The predicted molar refractivity (Wildman–Crippen MR) is 78.4 cm³/mol. The highest BCUT2D eigenvalue weighted by Crippen LogP contribution is 2.19. The SMILES string of the molecule is CCCCCCCC(=O)c1c(C)cc(C)cc1C. The Balaban J connectivity index is 2.57. The summed E-state index contributed by atoms with van der Waals surface area (Å²) in [6.45, 7) is 8.39. The fourth-order valence-corrected chi connectivity index (χ4v) is 2.63. The lowest BCUT2D eigenvalue weighted by molar-refractivity contribution is 0.0978. The molecule has 0 bridgehead atoms. The Hall–Kier alpha value is -1.11. The molecule has 18 heavy (non-hydrogen) atoms. The Kier molecular flexibility index (Phi) is 6.11. The second-order valence-corrected chi connectivity index (χ2v) is 5.36. The molecule has 1 nitrogen and oxygen atoms in total. The molecule has 1 heteroatoms. The average molecular weight is 246 g/mol. The van der Waals surface area contributed by atoms with E-state index < -0.39 is 0 Å². The van der Waals surface area contributed by atoms with E-state index in [1.165, 1.54) is 31.2 Å². The zero-order chi connectivity index (χ0) is 13.5. The number of ketones is 1. The minimum Gasteiger partial charge on any atom is -0.294 e. The fourth-order valence-electron chi connectivity index (χ4n) is 2.63. The summed E-state index contributed by atoms with van der Waals surface area (Å²) >= 11 is 0. The molecule has 0 radical (unpaired) electrons. The maximum Gasteiger partial charge on any atom is 0.163 e. The van der Waals surface area contributed by atoms with Gasteiger partial charge in [0.05, 0.1) is 0 Å². The third-order valence-corrected chi connectivity index (χ3v) is 3.46. The number of hydrogen-bond acceptors (Lipinski definition) is 1. The molecule has 0 atom stereocenters. The molecule has 0 aliphatic heterocycles. The van der Waals surface area contributed by atoms with E-state index in [9.17, 15) is 4.79 Å². The van der Waals surface area contributed by atoms with Crippen LogP contribution in [-0.2, 0) is 0 Å². The molecule has 0 aromatic heterocycles. The van der Waals surface area contributed by atoms with Gasteiger partial charge in [0.15, 0.2) is 5.78 Å². The van der Waals surface area contributed by atoms with Crippen molar-refractivity contribution in [1.29, 1.82) is 0 Å². The number of Topliss-reactive ketones (excluding diaryl/α,β-unsaturated/α-hetero) is 1. The quantitative estimate of drug-likeness (QED) is 0.480. The molecular weight excluding hydrogens is 220 g/mol. The van der Waals surface area contributed by atoms with Crippen LogP contribution in [0.25, 0.3) is 0 Å². The van der Waals surface area contributed by atoms with Crippen LogP contribution in [0, 0.1) is 20.8 Å². The minimum atomic E-state index is 0.321. The normalized spacial score (nSPS) is 10.7. The molecule has 100 valence electrons. The maximum absolute atomic E-state index is 12.2. The lowest BCUT2D eigenvalue weighted by Gasteiger charge is -2.10. The number of carbonyl (C=O) groups is 1. The molecule has 0 saturated carbocycles. The van der Waals surface area contributed by atoms with Gasteiger partial charge in [-0.1, -0.05) is 50.3 Å². The molecule has 0 spiro atoms. The number of benzene rings is 1. The summed E-state index contributed by atoms with van der Waals surface area (Å²) in [5, 5.41) is 0. The van der Waals surface area contributed by atoms with E-state index >= 15 is 0 Å². The van der Waals surface area contributed by atoms with Crippen molar-refractivity contribution in [3.8, 4) is 0 Å². The Labute approximate surface area is 112 Å². The molecule has 0 heterocycles. The van der Waals surface area contributed by atoms with E-state index in [4.69, 9.17) is 0 Å². The fraction of sp³-hybridized carbons (Fsp3) is 0.588. The molecule has 0 aliphatic carbocycles. The van der Waals surface area contributed by atoms with Crippen LogP contribution in [0.15, 0.2) is 12.1 Å². The molecule has 0 unspecified atom stereocenters. The molecule has 0 saturated heterocycles. The van der Waals surface area contributed by atoms with Crippen molar-refractivity contribution in [1.82, 2.24) is 0 Å². The Morgan fingerprint density at radius 3 is 2.06 bits per heavy atom. The summed E-state index contributed by atoms with van der Waals surface area (Å²) in [7, 11) is 0. The van der Waals surface area contributed by atoms with Gasteiger partial charge in [-0.2, -0.15) is 0 Å². The first-order chi connectivity index (χ1) is 8.56. The monoisotopic (exact) mass is 246 g/mol. The molecule has 1 aromatic carbocycles. The number of carbonyl (C=O) groups excluding carboxylic acids is 1. The van der Waals surface area contributed by atoms with E-state index in [1.807, 2.05) is 13.8 Å². The van der Waals surface area contributed by atoms with Crippen LogP contribution >= 0.6 is 0 Å². The van der Waals surface area contributed by atoms with Gasteiger partial charge in [0.25, 0.3) is 0 Å². The topological polar surface area (TPSA) is 17.1 Å². The largest absolute Gasteiger partial charge is 0.294 e. The molecule has 1 rings (SSSR count). The van der Waals surface area contributed by atoms with Crippen LogP contribution in [0.4, 0.5) is 0 Å². The van der Waals surface area contributed by atoms with Crippen molar-refractivity contribution >= 4 is 5.78 Å². The first-order valence-electron chi connectivity index (χ1n) is 7.17. The molecule has 0 aliphatic rings. The van der Waals surface area contributed by atoms with E-state index in [-0.39, 0.29) is 0 Å². The highest BCUT2D eigenvalue weighted by atomic mass is 16.1. The summed E-state index contributed by atoms with van der Waals surface area (Å²) < 4.78 is 0. The second kappa shape index (κ2) is 7.35. The Morgan fingerprint density at radius 1 is 0.944 bits per heavy atom. The van der Waals surface area contributed by atoms with E-state index in [0.29, 0.717) is 12.2 Å². The predicted octanol–water partition coefficient (Wildman–Crippen LogP) is 5.16. The molecular formula is C17H26O. The van der Waals surface area contributed by atoms with E-state index in [0.717, 1.165) is 23.1 Å². The zero-order valence-corrected chi connectivity index (χ0v) is 12.3. The lowest BCUT2D eigenvalue weighted by Crippen LogP contribution is -2.05. The summed E-state index contributed by atoms with van der Waals surface area (Å²) in [4.78, 5) is 12.2. The highest BCUT2D eigenvalue weighted by Gasteiger charge is 2.12. The molecule has 0 amide bonds. The number of hydrogen-bond donors (Lipinski definition) is 0. The summed E-state index contributed by atoms with van der Waals surface area (Å²) in [5.41, 5.74) is 4.46. The van der Waals surface area contributed by atoms with Gasteiger partial charge in [-0.25, -0.2) is 0 Å². The third kappa shape index (κ3) is 4.29. The Bertz CT molecular complexity index is 381. The van der Waals surface area contributed by atoms with Gasteiger partial charge in [-0.05, 0) is 38.3 Å². The van der Waals surface area contributed by atoms with Crippen LogP contribution in [0.1, 0.15) is 72.5 Å². The Morgan fingerprint density at radius 2 is 1.50 bits per heavy atom. The zero-order valence-electron chi connectivity index (χ0n) is 12.3. The van der Waals surface area contributed by atoms with Crippen LogP contribution in [0.5, 0.6) is 0 Å². The number of unbranched alkanes of at least 4 members (excludes halogenated alkanes) is 4. The minimum absolute atomic E-state index is 0.321. The van der Waals surface area contributed by atoms with Crippen molar-refractivity contribution < 1.29 is 4.79 Å². The first-order valence-corrected chi connectivity index (χ1v) is 7.17. The van der Waals surface area contributed by atoms with Crippen molar-refractivity contribution in [2.75, 3.05) is 0 Å². The smallest absolute Gasteiger partial charge is 0.163 e. The summed E-state index contributed by atoms with van der Waals surface area (Å²) in [6, 6.07) is 4.22. The van der Waals surface area contributed by atoms with Crippen LogP contribution in [0.2, 0.25) is 0 Å². The number of aryl methyl sites for hydroxylation is 3. The second-order valence-electron chi connectivity index (χ2n) is 5.36. The van der Waals surface area contributed by atoms with Gasteiger partial charge in [-0.3, -0.25) is 4.79 Å². The average Bonchev–Trinajstić information content (AvgIpc) is 2.27. The van der Waals surface area contributed by atoms with Crippen molar-refractivity contribution in [3.05, 3.63) is 34.4 Å². The van der Waals surface area contributed by atoms with Gasteiger partial charge in [-0.15, -0.1) is 0 Å². The van der Waals surface area contributed by atoms with Gasteiger partial charge < -0.3 is 0 Å². The molecule has 0 N–H and O–H groups in total. The molecule has 1 aromatic rings. The summed E-state index contributed by atoms with van der Waals surface area (Å²) in [5.74, 6) is 0.321. The van der Waals surface area contributed by atoms with Crippen molar-refractivity contribution in [2.24, 2.45) is 0 Å². The van der Waals surface area contributed by atoms with Crippen molar-refractivity contribution in [3.63, 3.8) is 0 Å². The van der Waals surface area contributed by atoms with Crippen LogP contribution < -0.4 is 0 Å². The standard InChI is InChI=1S/C17H26O/c1-5-6-7-8-9-10-16(18)17-14(3)11-13(2)12-15(17)4/h11-12H,5-10H2,1-4H3. The van der Waals surface area contributed by atoms with Gasteiger partial charge in [0.1, 0.15) is 0 Å². The van der Waals surface area contributed by atoms with E-state index in [1.54, 1.807) is 0 Å². The van der Waals surface area contributed by atoms with Crippen LogP contribution in [0.3, 0.4) is 0 Å². The van der Waals surface area contributed by atoms with Crippen molar-refractivity contribution in [2.45, 2.75) is 66.2 Å². The van der Waals surface area contributed by atoms with E-state index in [2.05, 4.69) is 26.0 Å². The third-order valence-electron chi connectivity index (χ3n) is 3.46. The highest BCUT2D eigenvalue weighted by molar-refractivity contribution is 5.98. The number of rotatable bonds is 7. The lowest BCUT2D eigenvalue weighted by atomic mass is 9.94. The first kappa shape index (κ1) is 14.9. The van der Waals surface area contributed by atoms with Crippen LogP contribution in [-0.4, -0.2) is 5.78 Å². The maximum atomic E-state index is 12.2. The summed E-state index contributed by atoms with van der Waals surface area (Å²) in [6.07, 6.45) is 6.72. The van der Waals surface area contributed by atoms with Gasteiger partial charge >= 0.3 is 0 Å². The van der Waals surface area contributed by atoms with Gasteiger partial charge in [0.2, 0.25) is 0 Å².